The van der Waals surface area contributed by atoms with Crippen molar-refractivity contribution < 1.29 is 17.9 Å². The number of allylic oxidation sites excluding steroid dienone is 1. The maximum Gasteiger partial charge on any atom is 0.416 e. The van der Waals surface area contributed by atoms with Gasteiger partial charge in [0.15, 0.2) is 0 Å². The van der Waals surface area contributed by atoms with E-state index in [1.54, 1.807) is 0 Å². The molecule has 0 fully saturated rings. The molecule has 91 valence electrons. The summed E-state index contributed by atoms with van der Waals surface area (Å²) in [5.41, 5.74) is -0.651. The summed E-state index contributed by atoms with van der Waals surface area (Å²) in [5, 5.41) is 0. The van der Waals surface area contributed by atoms with E-state index in [9.17, 15) is 13.2 Å². The lowest BCUT2D eigenvalue weighted by molar-refractivity contribution is -0.137. The van der Waals surface area contributed by atoms with Crippen LogP contribution in [0.3, 0.4) is 0 Å². The molecule has 0 saturated carbocycles. The second-order valence-corrected chi connectivity index (χ2v) is 3.94. The first-order valence-corrected chi connectivity index (χ1v) is 5.45. The molecule has 1 unspecified atom stereocenters. The minimum absolute atomic E-state index is 0.0491. The zero-order valence-corrected chi connectivity index (χ0v) is 9.13. The predicted octanol–water partition coefficient (Wildman–Crippen LogP) is 4.00. The second-order valence-electron chi connectivity index (χ2n) is 3.94. The SMILES string of the molecule is FC(F)(F)c1ccc(OC2CC=[C]CC2)cc1. The summed E-state index contributed by atoms with van der Waals surface area (Å²) >= 11 is 0. The average molecular weight is 241 g/mol. The van der Waals surface area contributed by atoms with Crippen molar-refractivity contribution in [2.24, 2.45) is 0 Å². The van der Waals surface area contributed by atoms with Crippen molar-refractivity contribution in [3.05, 3.63) is 42.0 Å². The zero-order valence-electron chi connectivity index (χ0n) is 9.13. The van der Waals surface area contributed by atoms with E-state index in [1.165, 1.54) is 12.1 Å². The van der Waals surface area contributed by atoms with Gasteiger partial charge < -0.3 is 4.74 Å². The predicted molar refractivity (Wildman–Crippen MR) is 57.5 cm³/mol. The fraction of sp³-hybridized carbons (Fsp3) is 0.385. The number of rotatable bonds is 2. The van der Waals surface area contributed by atoms with Crippen molar-refractivity contribution in [1.82, 2.24) is 0 Å². The summed E-state index contributed by atoms with van der Waals surface area (Å²) < 4.78 is 42.6. The number of halogens is 3. The Morgan fingerprint density at radius 1 is 1.18 bits per heavy atom. The van der Waals surface area contributed by atoms with Crippen molar-refractivity contribution in [1.29, 1.82) is 0 Å². The summed E-state index contributed by atoms with van der Waals surface area (Å²) in [4.78, 5) is 0. The summed E-state index contributed by atoms with van der Waals surface area (Å²) in [7, 11) is 0. The fourth-order valence-electron chi connectivity index (χ4n) is 1.70. The monoisotopic (exact) mass is 241 g/mol. The van der Waals surface area contributed by atoms with Crippen molar-refractivity contribution in [3.63, 3.8) is 0 Å². The summed E-state index contributed by atoms with van der Waals surface area (Å²) in [6.45, 7) is 0. The Morgan fingerprint density at radius 2 is 1.88 bits per heavy atom. The maximum absolute atomic E-state index is 12.3. The van der Waals surface area contributed by atoms with Gasteiger partial charge in [-0.05, 0) is 43.2 Å². The molecule has 0 N–H and O–H groups in total. The molecule has 1 radical (unpaired) electrons. The van der Waals surface area contributed by atoms with Gasteiger partial charge in [-0.25, -0.2) is 0 Å². The van der Waals surface area contributed by atoms with Crippen LogP contribution in [0, 0.1) is 6.08 Å². The molecule has 0 aromatic heterocycles. The number of hydrogen-bond acceptors (Lipinski definition) is 1. The minimum atomic E-state index is -4.29. The highest BCUT2D eigenvalue weighted by Crippen LogP contribution is 2.30. The first kappa shape index (κ1) is 12.0. The molecule has 2 rings (SSSR count). The lowest BCUT2D eigenvalue weighted by Gasteiger charge is -2.19. The number of hydrogen-bond donors (Lipinski definition) is 0. The second kappa shape index (κ2) is 4.82. The number of ether oxygens (including phenoxy) is 1. The maximum atomic E-state index is 12.3. The van der Waals surface area contributed by atoms with Crippen molar-refractivity contribution in [3.8, 4) is 5.75 Å². The standard InChI is InChI=1S/C13H12F3O/c14-13(15,16)10-6-8-12(9-7-10)17-11-4-2-1-3-5-11/h2,6-9,11H,3-5H2. The van der Waals surface area contributed by atoms with Gasteiger partial charge in [0, 0.05) is 6.42 Å². The summed E-state index contributed by atoms with van der Waals surface area (Å²) in [6.07, 6.45) is 3.21. The van der Waals surface area contributed by atoms with Crippen LogP contribution in [0.1, 0.15) is 24.8 Å². The molecule has 1 atom stereocenters. The highest BCUT2D eigenvalue weighted by Gasteiger charge is 2.30. The first-order valence-electron chi connectivity index (χ1n) is 5.45. The van der Waals surface area contributed by atoms with Crippen LogP contribution in [0.15, 0.2) is 30.3 Å². The van der Waals surface area contributed by atoms with Gasteiger partial charge in [-0.2, -0.15) is 13.2 Å². The molecule has 0 bridgehead atoms. The van der Waals surface area contributed by atoms with E-state index in [4.69, 9.17) is 4.74 Å². The van der Waals surface area contributed by atoms with Crippen LogP contribution in [-0.4, -0.2) is 6.10 Å². The lowest BCUT2D eigenvalue weighted by atomic mass is 10.0. The zero-order chi connectivity index (χ0) is 12.3. The van der Waals surface area contributed by atoms with E-state index in [0.29, 0.717) is 5.75 Å². The topological polar surface area (TPSA) is 9.23 Å². The van der Waals surface area contributed by atoms with Gasteiger partial charge in [0.1, 0.15) is 11.9 Å². The van der Waals surface area contributed by atoms with Crippen molar-refractivity contribution in [2.45, 2.75) is 31.5 Å². The Hall–Kier alpha value is -1.45. The minimum Gasteiger partial charge on any atom is -0.490 e. The Labute approximate surface area is 97.9 Å². The third-order valence-corrected chi connectivity index (χ3v) is 2.62. The van der Waals surface area contributed by atoms with Crippen molar-refractivity contribution in [2.75, 3.05) is 0 Å². The molecule has 1 aromatic rings. The molecule has 0 amide bonds. The van der Waals surface area contributed by atoms with E-state index in [-0.39, 0.29) is 6.10 Å². The van der Waals surface area contributed by atoms with E-state index in [2.05, 4.69) is 6.08 Å². The van der Waals surface area contributed by atoms with Crippen LogP contribution in [0.25, 0.3) is 0 Å². The third kappa shape index (κ3) is 3.25. The molecule has 0 heterocycles. The fourth-order valence-corrected chi connectivity index (χ4v) is 1.70. The van der Waals surface area contributed by atoms with Crippen LogP contribution < -0.4 is 4.74 Å². The number of benzene rings is 1. The third-order valence-electron chi connectivity index (χ3n) is 2.62. The highest BCUT2D eigenvalue weighted by molar-refractivity contribution is 5.29. The van der Waals surface area contributed by atoms with Gasteiger partial charge in [0.05, 0.1) is 5.56 Å². The lowest BCUT2D eigenvalue weighted by Crippen LogP contribution is -2.17. The Bertz CT molecular complexity index is 392. The molecule has 4 heteroatoms. The molecular formula is C13H12F3O. The smallest absolute Gasteiger partial charge is 0.416 e. The van der Waals surface area contributed by atoms with Crippen LogP contribution >= 0.6 is 0 Å². The van der Waals surface area contributed by atoms with Crippen LogP contribution in [0.4, 0.5) is 13.2 Å². The van der Waals surface area contributed by atoms with Gasteiger partial charge in [-0.1, -0.05) is 6.08 Å². The molecule has 0 saturated heterocycles. The Morgan fingerprint density at radius 3 is 2.41 bits per heavy atom. The van der Waals surface area contributed by atoms with Gasteiger partial charge in [0.2, 0.25) is 0 Å². The molecule has 0 aliphatic heterocycles. The summed E-state index contributed by atoms with van der Waals surface area (Å²) in [6, 6.07) is 4.82. The van der Waals surface area contributed by atoms with Crippen LogP contribution in [-0.2, 0) is 6.18 Å². The highest BCUT2D eigenvalue weighted by atomic mass is 19.4. The Kier molecular flexibility index (Phi) is 3.41. The molecular weight excluding hydrogens is 229 g/mol. The quantitative estimate of drug-likeness (QED) is 0.760. The normalized spacial score (nSPS) is 20.3. The number of alkyl halides is 3. The van der Waals surface area contributed by atoms with E-state index in [0.717, 1.165) is 31.4 Å². The summed E-state index contributed by atoms with van der Waals surface area (Å²) in [5.74, 6) is 0.485. The van der Waals surface area contributed by atoms with Crippen molar-refractivity contribution >= 4 is 0 Å². The molecule has 17 heavy (non-hydrogen) atoms. The first-order chi connectivity index (χ1) is 8.05. The largest absolute Gasteiger partial charge is 0.490 e. The van der Waals surface area contributed by atoms with Gasteiger partial charge in [-0.3, -0.25) is 0 Å². The molecule has 1 nitrogen and oxygen atoms in total. The molecule has 0 spiro atoms. The van der Waals surface area contributed by atoms with E-state index in [1.807, 2.05) is 6.08 Å². The van der Waals surface area contributed by atoms with E-state index < -0.39 is 11.7 Å². The molecule has 1 aliphatic rings. The van der Waals surface area contributed by atoms with Crippen LogP contribution in [0.2, 0.25) is 0 Å². The Balaban J connectivity index is 2.00. The molecule has 1 aromatic carbocycles. The van der Waals surface area contributed by atoms with E-state index >= 15 is 0 Å². The van der Waals surface area contributed by atoms with Gasteiger partial charge in [-0.15, -0.1) is 0 Å². The van der Waals surface area contributed by atoms with Gasteiger partial charge >= 0.3 is 6.18 Å². The average Bonchev–Trinajstić information content (AvgIpc) is 2.30. The molecule has 1 aliphatic carbocycles. The van der Waals surface area contributed by atoms with Crippen LogP contribution in [0.5, 0.6) is 5.75 Å². The van der Waals surface area contributed by atoms with Gasteiger partial charge in [0.25, 0.3) is 0 Å².